The van der Waals surface area contributed by atoms with Crippen molar-refractivity contribution in [1.29, 1.82) is 0 Å². The van der Waals surface area contributed by atoms with E-state index in [-0.39, 0.29) is 61.5 Å². The summed E-state index contributed by atoms with van der Waals surface area (Å²) in [6.07, 6.45) is 0.777. The Hall–Kier alpha value is -4.42. The topological polar surface area (TPSA) is 74.9 Å². The summed E-state index contributed by atoms with van der Waals surface area (Å²) in [7, 11) is 0. The zero-order valence-electron chi connectivity index (χ0n) is 22.9. The molecule has 1 aromatic carbocycles. The van der Waals surface area contributed by atoms with Gasteiger partial charge < -0.3 is 19.7 Å². The lowest BCUT2D eigenvalue weighted by molar-refractivity contribution is -0.137. The van der Waals surface area contributed by atoms with E-state index in [1.165, 1.54) is 4.90 Å². The largest absolute Gasteiger partial charge is 0.416 e. The fourth-order valence-electron chi connectivity index (χ4n) is 6.46. The molecule has 3 aromatic heterocycles. The minimum atomic E-state index is -4.70. The third kappa shape index (κ3) is 4.70. The van der Waals surface area contributed by atoms with Crippen LogP contribution in [0.3, 0.4) is 0 Å². The molecular weight excluding hydrogens is 571 g/mol. The van der Waals surface area contributed by atoms with Gasteiger partial charge in [-0.25, -0.2) is 18.6 Å². The van der Waals surface area contributed by atoms with Crippen LogP contribution < -0.4 is 5.32 Å². The molecule has 43 heavy (non-hydrogen) atoms. The van der Waals surface area contributed by atoms with Crippen LogP contribution in [0.5, 0.6) is 0 Å². The molecule has 7 rings (SSSR count). The average Bonchev–Trinajstić information content (AvgIpc) is 3.57. The van der Waals surface area contributed by atoms with Crippen LogP contribution in [0.1, 0.15) is 41.6 Å². The molecule has 0 unspecified atom stereocenters. The standard InChI is InChI=1S/C30H27F5N6O2/c31-29(32)6-2-4-7-40(17-29)28(43)39-10-9-38-16-21(20-12-19(30(33,34)35)11-18(15-39)27(20)38)25-23(42)14-37-26(25)22-13-36-24-5-1-3-8-41(22)24/h1,3,5,8,11-13,16,37H,2,4,6-7,9-10,14-15,17H2. The number of halogens is 5. The summed E-state index contributed by atoms with van der Waals surface area (Å²) >= 11 is 0. The summed E-state index contributed by atoms with van der Waals surface area (Å²) in [6.45, 7) is -0.445. The van der Waals surface area contributed by atoms with Gasteiger partial charge in [0.1, 0.15) is 5.65 Å². The van der Waals surface area contributed by atoms with Crippen LogP contribution in [-0.4, -0.2) is 67.7 Å². The second-order valence-corrected chi connectivity index (χ2v) is 11.3. The van der Waals surface area contributed by atoms with Crippen molar-refractivity contribution in [2.45, 2.75) is 44.5 Å². The number of carbonyl (C=O) groups is 2. The molecule has 0 spiro atoms. The summed E-state index contributed by atoms with van der Waals surface area (Å²) < 4.78 is 74.8. The average molecular weight is 599 g/mol. The molecule has 0 radical (unpaired) electrons. The first kappa shape index (κ1) is 27.4. The molecule has 1 fully saturated rings. The molecule has 0 atom stereocenters. The van der Waals surface area contributed by atoms with Crippen molar-refractivity contribution in [2.24, 2.45) is 0 Å². The number of likely N-dealkylation sites (tertiary alicyclic amines) is 1. The Morgan fingerprint density at radius 3 is 2.70 bits per heavy atom. The second-order valence-electron chi connectivity index (χ2n) is 11.3. The summed E-state index contributed by atoms with van der Waals surface area (Å²) in [4.78, 5) is 33.6. The smallest absolute Gasteiger partial charge is 0.375 e. The molecule has 8 nitrogen and oxygen atoms in total. The van der Waals surface area contributed by atoms with Crippen molar-refractivity contribution in [3.63, 3.8) is 0 Å². The van der Waals surface area contributed by atoms with Crippen molar-refractivity contribution >= 4 is 39.6 Å². The molecular formula is C30H27F5N6O2. The van der Waals surface area contributed by atoms with Gasteiger partial charge >= 0.3 is 12.2 Å². The van der Waals surface area contributed by atoms with Crippen molar-refractivity contribution in [2.75, 3.05) is 26.2 Å². The van der Waals surface area contributed by atoms with Gasteiger partial charge in [-0.2, -0.15) is 13.2 Å². The normalized spacial score (nSPS) is 19.2. The van der Waals surface area contributed by atoms with Gasteiger partial charge in [0, 0.05) is 55.9 Å². The fraction of sp³-hybridized carbons (Fsp3) is 0.367. The minimum absolute atomic E-state index is 0.0219. The number of urea groups is 1. The number of hydrogen-bond donors (Lipinski definition) is 1. The van der Waals surface area contributed by atoms with Crippen molar-refractivity contribution < 1.29 is 31.5 Å². The van der Waals surface area contributed by atoms with Gasteiger partial charge in [-0.1, -0.05) is 6.07 Å². The number of Topliss-reactive ketones (excluding diaryl/α,β-unsaturated/α-hetero) is 1. The van der Waals surface area contributed by atoms with Crippen molar-refractivity contribution in [3.8, 4) is 0 Å². The third-order valence-electron chi connectivity index (χ3n) is 8.43. The Morgan fingerprint density at radius 1 is 1.05 bits per heavy atom. The number of pyridine rings is 1. The highest BCUT2D eigenvalue weighted by molar-refractivity contribution is 6.33. The molecule has 6 heterocycles. The third-order valence-corrected chi connectivity index (χ3v) is 8.43. The SMILES string of the molecule is O=C1CNC(c2cnc3ccccn23)=C1c1cn2c3c(cc(C(F)(F)F)cc13)CN(C(=O)N1CCCCC(F)(F)C1)CC2. The molecule has 3 aliphatic rings. The first-order valence-electron chi connectivity index (χ1n) is 14.1. The van der Waals surface area contributed by atoms with E-state index in [2.05, 4.69) is 10.3 Å². The predicted molar refractivity (Wildman–Crippen MR) is 148 cm³/mol. The Labute approximate surface area is 242 Å². The summed E-state index contributed by atoms with van der Waals surface area (Å²) in [5.41, 5.74) is 2.13. The Balaban J connectivity index is 1.35. The van der Waals surface area contributed by atoms with Gasteiger partial charge in [-0.3, -0.25) is 9.20 Å². The van der Waals surface area contributed by atoms with E-state index in [1.807, 2.05) is 12.1 Å². The maximum absolute atomic E-state index is 14.3. The Bertz CT molecular complexity index is 1820. The van der Waals surface area contributed by atoms with Crippen LogP contribution in [0.25, 0.3) is 27.8 Å². The second kappa shape index (κ2) is 9.81. The Kier molecular flexibility index (Phi) is 6.26. The quantitative estimate of drug-likeness (QED) is 0.314. The highest BCUT2D eigenvalue weighted by atomic mass is 19.4. The van der Waals surface area contributed by atoms with Crippen LogP contribution in [0.15, 0.2) is 48.9 Å². The molecule has 3 aliphatic heterocycles. The maximum Gasteiger partial charge on any atom is 0.416 e. The number of hydrogen-bond acceptors (Lipinski definition) is 4. The summed E-state index contributed by atoms with van der Waals surface area (Å²) in [5.74, 6) is -3.29. The number of nitrogens with one attached hydrogen (secondary N) is 1. The zero-order valence-corrected chi connectivity index (χ0v) is 22.9. The monoisotopic (exact) mass is 598 g/mol. The molecule has 4 aromatic rings. The lowest BCUT2D eigenvalue weighted by Gasteiger charge is -2.31. The molecule has 0 bridgehead atoms. The number of ketones is 1. The maximum atomic E-state index is 14.3. The van der Waals surface area contributed by atoms with Crippen molar-refractivity contribution in [1.82, 2.24) is 29.1 Å². The number of imidazole rings is 1. The minimum Gasteiger partial charge on any atom is -0.375 e. The predicted octanol–water partition coefficient (Wildman–Crippen LogP) is 5.41. The molecule has 1 N–H and O–H groups in total. The van der Waals surface area contributed by atoms with Crippen LogP contribution in [0.4, 0.5) is 26.7 Å². The molecule has 1 saturated heterocycles. The van der Waals surface area contributed by atoms with Gasteiger partial charge in [0.05, 0.1) is 47.3 Å². The summed E-state index contributed by atoms with van der Waals surface area (Å²) in [5, 5.41) is 3.35. The number of carbonyl (C=O) groups excluding carboxylic acids is 2. The number of fused-ring (bicyclic) bond motifs is 1. The first-order chi connectivity index (χ1) is 20.5. The van der Waals surface area contributed by atoms with Crippen LogP contribution >= 0.6 is 0 Å². The van der Waals surface area contributed by atoms with E-state index < -0.39 is 30.2 Å². The van der Waals surface area contributed by atoms with Crippen LogP contribution in [0.2, 0.25) is 0 Å². The zero-order chi connectivity index (χ0) is 30.1. The van der Waals surface area contributed by atoms with E-state index in [0.717, 1.165) is 17.0 Å². The lowest BCUT2D eigenvalue weighted by Crippen LogP contribution is -2.47. The number of benzene rings is 1. The van der Waals surface area contributed by atoms with Crippen LogP contribution in [-0.2, 0) is 24.1 Å². The number of nitrogens with zero attached hydrogens (tertiary/aromatic N) is 5. The molecule has 2 amide bonds. The lowest BCUT2D eigenvalue weighted by atomic mass is 9.97. The molecule has 0 saturated carbocycles. The molecule has 0 aliphatic carbocycles. The number of aromatic nitrogens is 3. The van der Waals surface area contributed by atoms with Gasteiger partial charge in [-0.05, 0) is 42.7 Å². The first-order valence-corrected chi connectivity index (χ1v) is 14.1. The highest BCUT2D eigenvalue weighted by Gasteiger charge is 2.39. The van der Waals surface area contributed by atoms with E-state index in [4.69, 9.17) is 0 Å². The van der Waals surface area contributed by atoms with Gasteiger partial charge in [0.15, 0.2) is 5.78 Å². The van der Waals surface area contributed by atoms with E-state index >= 15 is 0 Å². The summed E-state index contributed by atoms with van der Waals surface area (Å²) in [6, 6.07) is 6.88. The molecule has 13 heteroatoms. The van der Waals surface area contributed by atoms with Gasteiger partial charge in [0.2, 0.25) is 0 Å². The van der Waals surface area contributed by atoms with E-state index in [0.29, 0.717) is 41.0 Å². The van der Waals surface area contributed by atoms with Gasteiger partial charge in [-0.15, -0.1) is 0 Å². The van der Waals surface area contributed by atoms with E-state index in [9.17, 15) is 31.5 Å². The number of alkyl halides is 5. The Morgan fingerprint density at radius 2 is 1.88 bits per heavy atom. The molecule has 224 valence electrons. The van der Waals surface area contributed by atoms with E-state index in [1.54, 1.807) is 33.6 Å². The number of rotatable bonds is 2. The van der Waals surface area contributed by atoms with Crippen LogP contribution in [0, 0.1) is 0 Å². The van der Waals surface area contributed by atoms with Crippen molar-refractivity contribution in [3.05, 3.63) is 71.3 Å². The number of amides is 2. The fourth-order valence-corrected chi connectivity index (χ4v) is 6.46. The highest BCUT2D eigenvalue weighted by Crippen LogP contribution is 2.41. The van der Waals surface area contributed by atoms with Gasteiger partial charge in [0.25, 0.3) is 5.92 Å².